The van der Waals surface area contributed by atoms with Crippen molar-refractivity contribution in [3.63, 3.8) is 0 Å². The number of unbranched alkanes of at least 4 members (excludes halogenated alkanes) is 1. The van der Waals surface area contributed by atoms with Crippen molar-refractivity contribution in [3.05, 3.63) is 84.1 Å². The minimum Gasteiger partial charge on any atom is -0.494 e. The molecule has 0 radical (unpaired) electrons. The molecule has 3 N–H and O–H groups in total. The Labute approximate surface area is 193 Å². The van der Waals surface area contributed by atoms with Crippen LogP contribution in [0.3, 0.4) is 0 Å². The Hall–Kier alpha value is -3.36. The van der Waals surface area contributed by atoms with E-state index in [1.165, 1.54) is 12.1 Å². The summed E-state index contributed by atoms with van der Waals surface area (Å²) < 4.78 is 33.4. The molecule has 0 spiro atoms. The fourth-order valence-electron chi connectivity index (χ4n) is 3.63. The Morgan fingerprint density at radius 3 is 2.67 bits per heavy atom. The predicted molar refractivity (Wildman–Crippen MR) is 129 cm³/mol. The van der Waals surface area contributed by atoms with Crippen LogP contribution in [0.5, 0.6) is 5.75 Å². The summed E-state index contributed by atoms with van der Waals surface area (Å²) in [4.78, 5) is 0.192. The smallest absolute Gasteiger partial charge is 0.261 e. The van der Waals surface area contributed by atoms with Gasteiger partial charge in [0.2, 0.25) is 0 Å². The van der Waals surface area contributed by atoms with Gasteiger partial charge in [-0.1, -0.05) is 30.3 Å². The quantitative estimate of drug-likeness (QED) is 0.287. The summed E-state index contributed by atoms with van der Waals surface area (Å²) in [7, 11) is -3.67. The summed E-state index contributed by atoms with van der Waals surface area (Å²) in [5.41, 5.74) is 3.00. The van der Waals surface area contributed by atoms with Crippen LogP contribution in [0.1, 0.15) is 36.6 Å². The highest BCUT2D eigenvalue weighted by Gasteiger charge is 2.15. The van der Waals surface area contributed by atoms with E-state index in [-0.39, 0.29) is 4.90 Å². The molecular weight excluding hydrogens is 438 g/mol. The molecule has 0 bridgehead atoms. The number of H-pyrrole nitrogens is 1. The van der Waals surface area contributed by atoms with Gasteiger partial charge in [-0.25, -0.2) is 8.42 Å². The molecule has 33 heavy (non-hydrogen) atoms. The van der Waals surface area contributed by atoms with E-state index >= 15 is 0 Å². The molecule has 4 aromatic rings. The molecule has 0 saturated heterocycles. The van der Waals surface area contributed by atoms with Crippen molar-refractivity contribution in [3.8, 4) is 5.75 Å². The van der Waals surface area contributed by atoms with Gasteiger partial charge in [0, 0.05) is 22.8 Å². The zero-order valence-corrected chi connectivity index (χ0v) is 19.2. The largest absolute Gasteiger partial charge is 0.494 e. The second kappa shape index (κ2) is 10.1. The first-order valence-corrected chi connectivity index (χ1v) is 12.3. The first-order chi connectivity index (χ1) is 15.9. The van der Waals surface area contributed by atoms with Gasteiger partial charge in [0.05, 0.1) is 23.1 Å². The van der Waals surface area contributed by atoms with Gasteiger partial charge in [-0.2, -0.15) is 5.10 Å². The van der Waals surface area contributed by atoms with Gasteiger partial charge in [0.25, 0.3) is 10.0 Å². The molecule has 0 aliphatic heterocycles. The van der Waals surface area contributed by atoms with Crippen molar-refractivity contribution in [1.29, 1.82) is 0 Å². The van der Waals surface area contributed by atoms with Gasteiger partial charge in [0.15, 0.2) is 0 Å². The number of benzene rings is 3. The molecule has 0 aliphatic rings. The van der Waals surface area contributed by atoms with Gasteiger partial charge < -0.3 is 9.84 Å². The molecule has 0 aliphatic carbocycles. The standard InChI is InChI=1S/C25H27N3O4S/c1-18-23-14-13-21(17-24(23)27-26-18)32-15-6-5-12-25(29)19-8-7-9-20(16-19)28-33(30,31)22-10-3-2-4-11-22/h2-4,7-11,13-14,16-17,25,28-29H,5-6,12,15H2,1H3,(H,26,27)/t25-/m0/s1. The Bertz CT molecular complexity index is 1320. The molecule has 7 nitrogen and oxygen atoms in total. The Kier molecular flexibility index (Phi) is 6.96. The van der Waals surface area contributed by atoms with E-state index in [2.05, 4.69) is 14.9 Å². The number of fused-ring (bicyclic) bond motifs is 1. The summed E-state index contributed by atoms with van der Waals surface area (Å²) in [5.74, 6) is 0.771. The minimum absolute atomic E-state index is 0.192. The number of aromatic amines is 1. The van der Waals surface area contributed by atoms with Gasteiger partial charge in [-0.3, -0.25) is 9.82 Å². The number of aryl methyl sites for hydroxylation is 1. The second-order valence-electron chi connectivity index (χ2n) is 7.93. The zero-order chi connectivity index (χ0) is 23.3. The lowest BCUT2D eigenvalue weighted by molar-refractivity contribution is 0.160. The minimum atomic E-state index is -3.67. The third-order valence-electron chi connectivity index (χ3n) is 5.44. The third-order valence-corrected chi connectivity index (χ3v) is 6.83. The lowest BCUT2D eigenvalue weighted by atomic mass is 10.0. The molecule has 0 unspecified atom stereocenters. The summed E-state index contributed by atoms with van der Waals surface area (Å²) in [6, 6.07) is 20.9. The number of aliphatic hydroxyl groups excluding tert-OH is 1. The molecule has 8 heteroatoms. The Balaban J connectivity index is 1.26. The van der Waals surface area contributed by atoms with Crippen molar-refractivity contribution < 1.29 is 18.3 Å². The number of sulfonamides is 1. The summed E-state index contributed by atoms with van der Waals surface area (Å²) in [6.07, 6.45) is 1.42. The summed E-state index contributed by atoms with van der Waals surface area (Å²) in [5, 5.41) is 18.9. The van der Waals surface area contributed by atoms with Gasteiger partial charge >= 0.3 is 0 Å². The molecule has 1 atom stereocenters. The highest BCUT2D eigenvalue weighted by molar-refractivity contribution is 7.92. The first-order valence-electron chi connectivity index (χ1n) is 10.9. The maximum Gasteiger partial charge on any atom is 0.261 e. The van der Waals surface area contributed by atoms with Gasteiger partial charge in [-0.05, 0) is 68.1 Å². The van der Waals surface area contributed by atoms with Crippen molar-refractivity contribution in [2.45, 2.75) is 37.2 Å². The van der Waals surface area contributed by atoms with E-state index in [0.717, 1.165) is 35.2 Å². The van der Waals surface area contributed by atoms with Crippen LogP contribution in [0.15, 0.2) is 77.7 Å². The third kappa shape index (κ3) is 5.71. The number of aliphatic hydroxyl groups is 1. The number of hydrogen-bond donors (Lipinski definition) is 3. The maximum absolute atomic E-state index is 12.5. The molecule has 4 rings (SSSR count). The summed E-state index contributed by atoms with van der Waals surface area (Å²) in [6.45, 7) is 2.52. The molecular formula is C25H27N3O4S. The van der Waals surface area contributed by atoms with E-state index in [0.29, 0.717) is 24.3 Å². The molecule has 0 saturated carbocycles. The molecule has 1 aromatic heterocycles. The average molecular weight is 466 g/mol. The van der Waals surface area contributed by atoms with Crippen LogP contribution in [-0.2, 0) is 10.0 Å². The van der Waals surface area contributed by atoms with Crippen LogP contribution in [0, 0.1) is 6.92 Å². The van der Waals surface area contributed by atoms with Crippen LogP contribution in [0.2, 0.25) is 0 Å². The van der Waals surface area contributed by atoms with E-state index in [9.17, 15) is 13.5 Å². The lowest BCUT2D eigenvalue weighted by Gasteiger charge is -2.14. The number of rotatable bonds is 10. The fraction of sp³-hybridized carbons (Fsp3) is 0.240. The molecule has 3 aromatic carbocycles. The normalized spacial score (nSPS) is 12.5. The number of nitrogens with zero attached hydrogens (tertiary/aromatic N) is 1. The number of hydrogen-bond acceptors (Lipinski definition) is 5. The van der Waals surface area contributed by atoms with Crippen LogP contribution in [0.25, 0.3) is 10.9 Å². The Morgan fingerprint density at radius 2 is 1.85 bits per heavy atom. The van der Waals surface area contributed by atoms with E-state index in [1.807, 2.05) is 25.1 Å². The fourth-order valence-corrected chi connectivity index (χ4v) is 4.71. The van der Waals surface area contributed by atoms with Crippen LogP contribution < -0.4 is 9.46 Å². The monoisotopic (exact) mass is 465 g/mol. The zero-order valence-electron chi connectivity index (χ0n) is 18.4. The van der Waals surface area contributed by atoms with Crippen LogP contribution in [-0.4, -0.2) is 30.3 Å². The topological polar surface area (TPSA) is 104 Å². The average Bonchev–Trinajstić information content (AvgIpc) is 3.19. The van der Waals surface area contributed by atoms with Crippen LogP contribution in [0.4, 0.5) is 5.69 Å². The van der Waals surface area contributed by atoms with Crippen molar-refractivity contribution in [1.82, 2.24) is 10.2 Å². The van der Waals surface area contributed by atoms with E-state index in [1.54, 1.807) is 42.5 Å². The van der Waals surface area contributed by atoms with Crippen LogP contribution >= 0.6 is 0 Å². The van der Waals surface area contributed by atoms with Crippen molar-refractivity contribution in [2.24, 2.45) is 0 Å². The molecule has 172 valence electrons. The van der Waals surface area contributed by atoms with Crippen molar-refractivity contribution >= 4 is 26.6 Å². The van der Waals surface area contributed by atoms with Gasteiger partial charge in [0.1, 0.15) is 5.75 Å². The lowest BCUT2D eigenvalue weighted by Crippen LogP contribution is -2.13. The number of ether oxygens (including phenoxy) is 1. The maximum atomic E-state index is 12.5. The Morgan fingerprint density at radius 1 is 1.03 bits per heavy atom. The van der Waals surface area contributed by atoms with E-state index < -0.39 is 16.1 Å². The highest BCUT2D eigenvalue weighted by atomic mass is 32.2. The summed E-state index contributed by atoms with van der Waals surface area (Å²) >= 11 is 0. The molecule has 1 heterocycles. The molecule has 0 amide bonds. The number of anilines is 1. The number of nitrogens with one attached hydrogen (secondary N) is 2. The van der Waals surface area contributed by atoms with Crippen molar-refractivity contribution in [2.75, 3.05) is 11.3 Å². The second-order valence-corrected chi connectivity index (χ2v) is 9.61. The highest BCUT2D eigenvalue weighted by Crippen LogP contribution is 2.25. The number of aromatic nitrogens is 2. The predicted octanol–water partition coefficient (Wildman–Crippen LogP) is 4.95. The van der Waals surface area contributed by atoms with E-state index in [4.69, 9.17) is 4.74 Å². The SMILES string of the molecule is Cc1[nH]nc2cc(OCCCC[C@H](O)c3cccc(NS(=O)(=O)c4ccccc4)c3)ccc12. The molecule has 0 fully saturated rings. The van der Waals surface area contributed by atoms with Gasteiger partial charge in [-0.15, -0.1) is 0 Å². The first kappa shape index (κ1) is 22.8.